The lowest BCUT2D eigenvalue weighted by atomic mass is 10.1. The highest BCUT2D eigenvalue weighted by molar-refractivity contribution is 5.91. The second kappa shape index (κ2) is 8.99. The molecule has 1 atom stereocenters. The molecule has 0 saturated carbocycles. The highest BCUT2D eigenvalue weighted by atomic mass is 19.1. The van der Waals surface area contributed by atoms with Gasteiger partial charge in [0.2, 0.25) is 5.91 Å². The Labute approximate surface area is 163 Å². The first-order chi connectivity index (χ1) is 13.6. The fourth-order valence-electron chi connectivity index (χ4n) is 2.76. The Morgan fingerprint density at radius 3 is 2.75 bits per heavy atom. The average Bonchev–Trinajstić information content (AvgIpc) is 3.16. The van der Waals surface area contributed by atoms with Gasteiger partial charge in [-0.05, 0) is 36.3 Å². The van der Waals surface area contributed by atoms with E-state index in [-0.39, 0.29) is 12.5 Å². The van der Waals surface area contributed by atoms with Gasteiger partial charge in [-0.1, -0.05) is 36.4 Å². The van der Waals surface area contributed by atoms with Crippen LogP contribution >= 0.6 is 0 Å². The zero-order chi connectivity index (χ0) is 19.9. The Bertz CT molecular complexity index is 967. The van der Waals surface area contributed by atoms with Gasteiger partial charge in [0.1, 0.15) is 11.9 Å². The molecule has 1 amide bonds. The molecule has 0 aliphatic heterocycles. The first-order valence-electron chi connectivity index (χ1n) is 8.91. The van der Waals surface area contributed by atoms with Gasteiger partial charge in [-0.3, -0.25) is 4.79 Å². The number of nitrogens with one attached hydrogen (secondary N) is 1. The van der Waals surface area contributed by atoms with Crippen LogP contribution in [0.15, 0.2) is 67.1 Å². The minimum absolute atomic E-state index is 0.0740. The number of methoxy groups -OCH3 is 1. The molecule has 0 spiro atoms. The topological polar surface area (TPSA) is 56.1 Å². The number of aromatic nitrogens is 2. The number of rotatable bonds is 7. The third-order valence-corrected chi connectivity index (χ3v) is 4.24. The third kappa shape index (κ3) is 4.85. The highest BCUT2D eigenvalue weighted by Gasteiger charge is 2.10. The van der Waals surface area contributed by atoms with Crippen LogP contribution in [-0.4, -0.2) is 29.1 Å². The van der Waals surface area contributed by atoms with Crippen molar-refractivity contribution < 1.29 is 13.9 Å². The number of aryl methyl sites for hydroxylation is 1. The van der Waals surface area contributed by atoms with Crippen LogP contribution in [0.2, 0.25) is 0 Å². The molecule has 3 rings (SSSR count). The SMILES string of the molecule is COc1cc(C=CC(=O)NC[C@@H](F)c2ccccc2)ccc1-n1cnc(C)c1. The molecule has 6 heteroatoms. The lowest BCUT2D eigenvalue weighted by Gasteiger charge is -2.10. The summed E-state index contributed by atoms with van der Waals surface area (Å²) >= 11 is 0. The van der Waals surface area contributed by atoms with E-state index >= 15 is 0 Å². The van der Waals surface area contributed by atoms with Crippen molar-refractivity contribution in [2.45, 2.75) is 13.1 Å². The Kier molecular flexibility index (Phi) is 6.22. The largest absolute Gasteiger partial charge is 0.495 e. The van der Waals surface area contributed by atoms with Crippen LogP contribution in [0.5, 0.6) is 5.75 Å². The van der Waals surface area contributed by atoms with Gasteiger partial charge in [0, 0.05) is 12.3 Å². The van der Waals surface area contributed by atoms with Crippen molar-refractivity contribution in [3.05, 3.63) is 84.0 Å². The Morgan fingerprint density at radius 1 is 1.29 bits per heavy atom. The summed E-state index contributed by atoms with van der Waals surface area (Å²) in [5.41, 5.74) is 3.10. The van der Waals surface area contributed by atoms with Crippen LogP contribution in [0, 0.1) is 6.92 Å². The van der Waals surface area contributed by atoms with Crippen molar-refractivity contribution in [3.63, 3.8) is 0 Å². The van der Waals surface area contributed by atoms with Gasteiger partial charge in [0.25, 0.3) is 0 Å². The molecule has 0 aliphatic rings. The maximum atomic E-state index is 14.1. The summed E-state index contributed by atoms with van der Waals surface area (Å²) in [5, 5.41) is 2.58. The average molecular weight is 379 g/mol. The Balaban J connectivity index is 1.62. The molecule has 0 fully saturated rings. The van der Waals surface area contributed by atoms with Crippen molar-refractivity contribution in [2.24, 2.45) is 0 Å². The van der Waals surface area contributed by atoms with Crippen LogP contribution in [-0.2, 0) is 4.79 Å². The number of carbonyl (C=O) groups excluding carboxylic acids is 1. The van der Waals surface area contributed by atoms with Gasteiger partial charge in [-0.2, -0.15) is 0 Å². The molecule has 1 N–H and O–H groups in total. The van der Waals surface area contributed by atoms with Gasteiger partial charge < -0.3 is 14.6 Å². The van der Waals surface area contributed by atoms with E-state index in [0.29, 0.717) is 11.3 Å². The first-order valence-corrected chi connectivity index (χ1v) is 8.91. The number of imidazole rings is 1. The molecule has 2 aromatic carbocycles. The van der Waals surface area contributed by atoms with Crippen molar-refractivity contribution in [2.75, 3.05) is 13.7 Å². The number of amides is 1. The standard InChI is InChI=1S/C22H22FN3O2/c1-16-14-26(15-25-16)20-10-8-17(12-21(20)28-2)9-11-22(27)24-13-19(23)18-6-4-3-5-7-18/h3-12,14-15,19H,13H2,1-2H3,(H,24,27)/t19-/m1/s1. The van der Waals surface area contributed by atoms with Crippen LogP contribution in [0.4, 0.5) is 4.39 Å². The van der Waals surface area contributed by atoms with Crippen molar-refractivity contribution in [1.82, 2.24) is 14.9 Å². The minimum atomic E-state index is -1.24. The van der Waals surface area contributed by atoms with E-state index in [4.69, 9.17) is 4.74 Å². The minimum Gasteiger partial charge on any atom is -0.495 e. The maximum Gasteiger partial charge on any atom is 0.244 e. The summed E-state index contributed by atoms with van der Waals surface area (Å²) in [7, 11) is 1.59. The molecule has 0 radical (unpaired) electrons. The summed E-state index contributed by atoms with van der Waals surface area (Å²) < 4.78 is 21.4. The zero-order valence-corrected chi connectivity index (χ0v) is 15.8. The summed E-state index contributed by atoms with van der Waals surface area (Å²) in [6.45, 7) is 1.84. The molecule has 144 valence electrons. The van der Waals surface area contributed by atoms with E-state index in [1.165, 1.54) is 6.08 Å². The molecule has 0 bridgehead atoms. The maximum absolute atomic E-state index is 14.1. The number of carbonyl (C=O) groups is 1. The Hall–Kier alpha value is -3.41. The van der Waals surface area contributed by atoms with Crippen LogP contribution < -0.4 is 10.1 Å². The summed E-state index contributed by atoms with van der Waals surface area (Å²) in [6.07, 6.45) is 5.43. The highest BCUT2D eigenvalue weighted by Crippen LogP contribution is 2.25. The van der Waals surface area contributed by atoms with E-state index in [2.05, 4.69) is 10.3 Å². The van der Waals surface area contributed by atoms with Gasteiger partial charge in [-0.25, -0.2) is 9.37 Å². The lowest BCUT2D eigenvalue weighted by molar-refractivity contribution is -0.116. The number of alkyl halides is 1. The quantitative estimate of drug-likeness (QED) is 0.631. The second-order valence-electron chi connectivity index (χ2n) is 6.31. The van der Waals surface area contributed by atoms with E-state index in [9.17, 15) is 9.18 Å². The molecule has 0 unspecified atom stereocenters. The molecular weight excluding hydrogens is 357 g/mol. The van der Waals surface area contributed by atoms with Crippen molar-refractivity contribution in [3.8, 4) is 11.4 Å². The molecule has 5 nitrogen and oxygen atoms in total. The van der Waals surface area contributed by atoms with E-state index < -0.39 is 6.17 Å². The smallest absolute Gasteiger partial charge is 0.244 e. The fraction of sp³-hybridized carbons (Fsp3) is 0.182. The predicted octanol–water partition coefficient (Wildman–Crippen LogP) is 4.03. The van der Waals surface area contributed by atoms with Gasteiger partial charge in [0.05, 0.1) is 31.4 Å². The van der Waals surface area contributed by atoms with E-state index in [0.717, 1.165) is 16.9 Å². The number of benzene rings is 2. The third-order valence-electron chi connectivity index (χ3n) is 4.24. The fourth-order valence-corrected chi connectivity index (χ4v) is 2.76. The summed E-state index contributed by atoms with van der Waals surface area (Å²) in [6, 6.07) is 14.4. The van der Waals surface area contributed by atoms with E-state index in [1.54, 1.807) is 43.8 Å². The van der Waals surface area contributed by atoms with Crippen LogP contribution in [0.25, 0.3) is 11.8 Å². The Morgan fingerprint density at radius 2 is 2.07 bits per heavy atom. The predicted molar refractivity (Wildman–Crippen MR) is 107 cm³/mol. The molecule has 1 heterocycles. The molecule has 28 heavy (non-hydrogen) atoms. The molecule has 0 aliphatic carbocycles. The normalized spacial score (nSPS) is 12.1. The van der Waals surface area contributed by atoms with Crippen LogP contribution in [0.1, 0.15) is 23.0 Å². The van der Waals surface area contributed by atoms with Gasteiger partial charge in [0.15, 0.2) is 0 Å². The summed E-state index contributed by atoms with van der Waals surface area (Å²) in [5.74, 6) is 0.305. The summed E-state index contributed by atoms with van der Waals surface area (Å²) in [4.78, 5) is 16.2. The number of hydrogen-bond donors (Lipinski definition) is 1. The zero-order valence-electron chi connectivity index (χ0n) is 15.8. The first kappa shape index (κ1) is 19.4. The molecule has 3 aromatic rings. The number of nitrogens with zero attached hydrogens (tertiary/aromatic N) is 2. The van der Waals surface area contributed by atoms with Crippen LogP contribution in [0.3, 0.4) is 0 Å². The van der Waals surface area contributed by atoms with Gasteiger partial charge in [-0.15, -0.1) is 0 Å². The lowest BCUT2D eigenvalue weighted by Crippen LogP contribution is -2.25. The van der Waals surface area contributed by atoms with E-state index in [1.807, 2.05) is 42.0 Å². The second-order valence-corrected chi connectivity index (χ2v) is 6.31. The monoisotopic (exact) mass is 379 g/mol. The number of halogens is 1. The number of hydrogen-bond acceptors (Lipinski definition) is 3. The van der Waals surface area contributed by atoms with Crippen molar-refractivity contribution in [1.29, 1.82) is 0 Å². The van der Waals surface area contributed by atoms with Crippen molar-refractivity contribution >= 4 is 12.0 Å². The molecule has 1 aromatic heterocycles. The molecule has 0 saturated heterocycles. The van der Waals surface area contributed by atoms with Gasteiger partial charge >= 0.3 is 0 Å². The number of ether oxygens (including phenoxy) is 1. The molecular formula is C22H22FN3O2.